The fourth-order valence-electron chi connectivity index (χ4n) is 1.65. The summed E-state index contributed by atoms with van der Waals surface area (Å²) in [5.41, 5.74) is 2.17. The number of alkyl halides is 1. The van der Waals surface area contributed by atoms with Crippen molar-refractivity contribution in [3.05, 3.63) is 68.1 Å². The van der Waals surface area contributed by atoms with E-state index < -0.39 is 0 Å². The number of halogens is 4. The standard InChI is InChI=1S/C14H10BrCl3/c15-12-6-3-10(8-14(12)18)13(17)7-9-1-4-11(16)5-2-9/h1-6,8,13H,7H2. The molecule has 0 heterocycles. The Labute approximate surface area is 130 Å². The van der Waals surface area contributed by atoms with E-state index in [0.29, 0.717) is 5.02 Å². The normalized spacial score (nSPS) is 12.4. The highest BCUT2D eigenvalue weighted by Crippen LogP contribution is 2.31. The van der Waals surface area contributed by atoms with Crippen molar-refractivity contribution >= 4 is 50.7 Å². The van der Waals surface area contributed by atoms with Crippen molar-refractivity contribution in [1.82, 2.24) is 0 Å². The summed E-state index contributed by atoms with van der Waals surface area (Å²) in [6.07, 6.45) is 0.747. The van der Waals surface area contributed by atoms with Gasteiger partial charge in [0.2, 0.25) is 0 Å². The molecule has 0 aliphatic heterocycles. The van der Waals surface area contributed by atoms with Gasteiger partial charge in [-0.15, -0.1) is 11.6 Å². The van der Waals surface area contributed by atoms with Gasteiger partial charge in [-0.2, -0.15) is 0 Å². The van der Waals surface area contributed by atoms with Crippen LogP contribution in [-0.4, -0.2) is 0 Å². The van der Waals surface area contributed by atoms with Gasteiger partial charge in [0, 0.05) is 9.50 Å². The van der Waals surface area contributed by atoms with Crippen LogP contribution in [0.1, 0.15) is 16.5 Å². The maximum absolute atomic E-state index is 6.40. The van der Waals surface area contributed by atoms with E-state index in [2.05, 4.69) is 15.9 Å². The highest BCUT2D eigenvalue weighted by Gasteiger charge is 2.10. The van der Waals surface area contributed by atoms with Crippen LogP contribution in [0.2, 0.25) is 10.0 Å². The first-order valence-corrected chi connectivity index (χ1v) is 7.38. The zero-order valence-electron chi connectivity index (χ0n) is 9.34. The summed E-state index contributed by atoms with van der Waals surface area (Å²) in [6, 6.07) is 13.5. The average molecular weight is 364 g/mol. The minimum absolute atomic E-state index is 0.100. The Balaban J connectivity index is 2.13. The molecule has 1 atom stereocenters. The summed E-state index contributed by atoms with van der Waals surface area (Å²) in [4.78, 5) is 0. The first kappa shape index (κ1) is 14.2. The van der Waals surface area contributed by atoms with Gasteiger partial charge in [-0.25, -0.2) is 0 Å². The van der Waals surface area contributed by atoms with Gasteiger partial charge in [-0.05, 0) is 57.7 Å². The van der Waals surface area contributed by atoms with Crippen molar-refractivity contribution in [3.8, 4) is 0 Å². The predicted molar refractivity (Wildman–Crippen MR) is 82.9 cm³/mol. The van der Waals surface area contributed by atoms with E-state index in [1.54, 1.807) is 0 Å². The third-order valence-electron chi connectivity index (χ3n) is 2.63. The van der Waals surface area contributed by atoms with Crippen LogP contribution in [0.4, 0.5) is 0 Å². The van der Waals surface area contributed by atoms with Gasteiger partial charge in [0.05, 0.1) is 10.4 Å². The Kier molecular flexibility index (Phi) is 4.97. The molecule has 2 aromatic rings. The first-order valence-electron chi connectivity index (χ1n) is 5.40. The molecule has 1 unspecified atom stereocenters. The SMILES string of the molecule is Clc1ccc(CC(Cl)c2ccc(Br)c(Cl)c2)cc1. The topological polar surface area (TPSA) is 0 Å². The maximum Gasteiger partial charge on any atom is 0.0626 e. The van der Waals surface area contributed by atoms with Gasteiger partial charge in [-0.1, -0.05) is 41.4 Å². The van der Waals surface area contributed by atoms with Gasteiger partial charge in [0.25, 0.3) is 0 Å². The van der Waals surface area contributed by atoms with E-state index in [0.717, 1.165) is 27.0 Å². The van der Waals surface area contributed by atoms with E-state index in [1.807, 2.05) is 42.5 Å². The molecule has 2 rings (SSSR count). The lowest BCUT2D eigenvalue weighted by Gasteiger charge is -2.11. The highest BCUT2D eigenvalue weighted by atomic mass is 79.9. The number of hydrogen-bond donors (Lipinski definition) is 0. The molecule has 0 aliphatic carbocycles. The van der Waals surface area contributed by atoms with Crippen LogP contribution in [0, 0.1) is 0 Å². The van der Waals surface area contributed by atoms with Crippen LogP contribution in [-0.2, 0) is 6.42 Å². The number of rotatable bonds is 3. The lowest BCUT2D eigenvalue weighted by atomic mass is 10.0. The zero-order chi connectivity index (χ0) is 13.1. The Morgan fingerprint density at radius 1 is 1.00 bits per heavy atom. The summed E-state index contributed by atoms with van der Waals surface area (Å²) >= 11 is 21.7. The second kappa shape index (κ2) is 6.29. The highest BCUT2D eigenvalue weighted by molar-refractivity contribution is 9.10. The number of benzene rings is 2. The zero-order valence-corrected chi connectivity index (χ0v) is 13.2. The van der Waals surface area contributed by atoms with E-state index in [-0.39, 0.29) is 5.38 Å². The largest absolute Gasteiger partial charge is 0.117 e. The summed E-state index contributed by atoms with van der Waals surface area (Å²) < 4.78 is 0.878. The molecule has 4 heteroatoms. The molecule has 0 amide bonds. The Hall–Kier alpha value is -0.210. The Morgan fingerprint density at radius 3 is 2.28 bits per heavy atom. The molecule has 0 saturated heterocycles. The van der Waals surface area contributed by atoms with Crippen LogP contribution in [0.5, 0.6) is 0 Å². The van der Waals surface area contributed by atoms with Gasteiger partial charge >= 0.3 is 0 Å². The van der Waals surface area contributed by atoms with Crippen molar-refractivity contribution in [2.24, 2.45) is 0 Å². The first-order chi connectivity index (χ1) is 8.56. The molecular formula is C14H10BrCl3. The van der Waals surface area contributed by atoms with Crippen molar-refractivity contribution < 1.29 is 0 Å². The minimum atomic E-state index is -0.100. The van der Waals surface area contributed by atoms with Crippen molar-refractivity contribution in [1.29, 1.82) is 0 Å². The van der Waals surface area contributed by atoms with E-state index in [1.165, 1.54) is 0 Å². The molecule has 0 fully saturated rings. The summed E-state index contributed by atoms with van der Waals surface area (Å²) in [5.74, 6) is 0. The Morgan fingerprint density at radius 2 is 1.67 bits per heavy atom. The molecule has 94 valence electrons. The molecule has 0 saturated carbocycles. The molecule has 0 aromatic heterocycles. The van der Waals surface area contributed by atoms with Gasteiger partial charge in [0.1, 0.15) is 0 Å². The molecule has 2 aromatic carbocycles. The van der Waals surface area contributed by atoms with Crippen LogP contribution >= 0.6 is 50.7 Å². The molecule has 0 nitrogen and oxygen atoms in total. The van der Waals surface area contributed by atoms with Gasteiger partial charge in [0.15, 0.2) is 0 Å². The molecule has 0 N–H and O–H groups in total. The maximum atomic E-state index is 6.40. The quantitative estimate of drug-likeness (QED) is 0.562. The van der Waals surface area contributed by atoms with Crippen LogP contribution < -0.4 is 0 Å². The average Bonchev–Trinajstić information content (AvgIpc) is 2.35. The van der Waals surface area contributed by atoms with E-state index in [4.69, 9.17) is 34.8 Å². The molecule has 18 heavy (non-hydrogen) atoms. The predicted octanol–water partition coefficient (Wildman–Crippen LogP) is 6.28. The van der Waals surface area contributed by atoms with Crippen LogP contribution in [0.3, 0.4) is 0 Å². The third-order valence-corrected chi connectivity index (χ3v) is 4.52. The van der Waals surface area contributed by atoms with Gasteiger partial charge < -0.3 is 0 Å². The fraction of sp³-hybridized carbons (Fsp3) is 0.143. The minimum Gasteiger partial charge on any atom is -0.117 e. The lowest BCUT2D eigenvalue weighted by molar-refractivity contribution is 0.919. The Bertz CT molecular complexity index is 537. The van der Waals surface area contributed by atoms with Gasteiger partial charge in [-0.3, -0.25) is 0 Å². The summed E-state index contributed by atoms with van der Waals surface area (Å²) in [5, 5.41) is 1.31. The lowest BCUT2D eigenvalue weighted by Crippen LogP contribution is -1.96. The monoisotopic (exact) mass is 362 g/mol. The molecule has 0 radical (unpaired) electrons. The fourth-order valence-corrected chi connectivity index (χ4v) is 2.53. The van der Waals surface area contributed by atoms with Crippen LogP contribution in [0.25, 0.3) is 0 Å². The van der Waals surface area contributed by atoms with E-state index in [9.17, 15) is 0 Å². The second-order valence-electron chi connectivity index (χ2n) is 3.97. The number of hydrogen-bond acceptors (Lipinski definition) is 0. The third kappa shape index (κ3) is 3.64. The molecule has 0 spiro atoms. The van der Waals surface area contributed by atoms with E-state index >= 15 is 0 Å². The van der Waals surface area contributed by atoms with Crippen molar-refractivity contribution in [3.63, 3.8) is 0 Å². The molecule has 0 aliphatic rings. The molecular weight excluding hydrogens is 354 g/mol. The van der Waals surface area contributed by atoms with Crippen LogP contribution in [0.15, 0.2) is 46.9 Å². The van der Waals surface area contributed by atoms with Crippen molar-refractivity contribution in [2.75, 3.05) is 0 Å². The molecule has 0 bridgehead atoms. The second-order valence-corrected chi connectivity index (χ2v) is 6.20. The summed E-state index contributed by atoms with van der Waals surface area (Å²) in [6.45, 7) is 0. The van der Waals surface area contributed by atoms with Crippen molar-refractivity contribution in [2.45, 2.75) is 11.8 Å². The smallest absolute Gasteiger partial charge is 0.0626 e. The summed E-state index contributed by atoms with van der Waals surface area (Å²) in [7, 11) is 0.